The van der Waals surface area contributed by atoms with Crippen LogP contribution in [0.2, 0.25) is 0 Å². The van der Waals surface area contributed by atoms with Gasteiger partial charge in [0.05, 0.1) is 16.9 Å². The van der Waals surface area contributed by atoms with Gasteiger partial charge in [-0.15, -0.1) is 0 Å². The Labute approximate surface area is 138 Å². The fourth-order valence-corrected chi connectivity index (χ4v) is 1.94. The molecule has 2 aromatic carbocycles. The second-order valence-electron chi connectivity index (χ2n) is 4.63. The van der Waals surface area contributed by atoms with Crippen molar-refractivity contribution in [2.75, 3.05) is 5.32 Å². The van der Waals surface area contributed by atoms with Gasteiger partial charge in [-0.1, -0.05) is 32.6 Å². The van der Waals surface area contributed by atoms with Crippen LogP contribution >= 0.6 is 0 Å². The maximum absolute atomic E-state index is 14.1. The molecule has 0 saturated heterocycles. The number of carbonyl (C=O) groups is 1. The summed E-state index contributed by atoms with van der Waals surface area (Å²) in [5.74, 6) is -4.84. The molecule has 0 spiro atoms. The van der Waals surface area contributed by atoms with E-state index in [9.17, 15) is 18.0 Å². The molecule has 2 aromatic rings. The van der Waals surface area contributed by atoms with Crippen molar-refractivity contribution in [3.05, 3.63) is 65.0 Å². The van der Waals surface area contributed by atoms with Crippen molar-refractivity contribution < 1.29 is 23.1 Å². The van der Waals surface area contributed by atoms with Gasteiger partial charge < -0.3 is 10.4 Å². The highest BCUT2D eigenvalue weighted by molar-refractivity contribution is 5.96. The van der Waals surface area contributed by atoms with Gasteiger partial charge in [-0.05, 0) is 30.7 Å². The minimum Gasteiger partial charge on any atom is -0.478 e. The molecule has 128 valence electrons. The summed E-state index contributed by atoms with van der Waals surface area (Å²) in [7, 11) is 0. The van der Waals surface area contributed by atoms with Crippen LogP contribution in [0, 0.1) is 24.4 Å². The van der Waals surface area contributed by atoms with Crippen LogP contribution in [0.25, 0.3) is 6.08 Å². The van der Waals surface area contributed by atoms with Gasteiger partial charge in [-0.25, -0.2) is 18.0 Å². The zero-order valence-corrected chi connectivity index (χ0v) is 13.6. The first-order valence-electron chi connectivity index (χ1n) is 7.26. The number of nitrogens with one attached hydrogen (secondary N) is 1. The zero-order valence-electron chi connectivity index (χ0n) is 13.6. The fraction of sp³-hybridized carbons (Fsp3) is 0.167. The molecular weight excluding hydrogens is 319 g/mol. The monoisotopic (exact) mass is 337 g/mol. The van der Waals surface area contributed by atoms with Gasteiger partial charge in [0.2, 0.25) is 0 Å². The van der Waals surface area contributed by atoms with E-state index in [-0.39, 0.29) is 11.3 Å². The van der Waals surface area contributed by atoms with Crippen molar-refractivity contribution in [3.8, 4) is 0 Å². The van der Waals surface area contributed by atoms with Crippen molar-refractivity contribution in [2.24, 2.45) is 0 Å². The Morgan fingerprint density at radius 3 is 2.29 bits per heavy atom. The average molecular weight is 337 g/mol. The summed E-state index contributed by atoms with van der Waals surface area (Å²) in [6.45, 7) is 8.95. The molecule has 2 N–H and O–H groups in total. The molecule has 0 saturated carbocycles. The molecule has 0 bridgehead atoms. The van der Waals surface area contributed by atoms with E-state index in [0.29, 0.717) is 5.56 Å². The zero-order chi connectivity index (χ0) is 18.4. The van der Waals surface area contributed by atoms with E-state index in [1.54, 1.807) is 13.0 Å². The topological polar surface area (TPSA) is 49.3 Å². The molecule has 2 rings (SSSR count). The van der Waals surface area contributed by atoms with E-state index in [1.807, 2.05) is 13.8 Å². The lowest BCUT2D eigenvalue weighted by atomic mass is 10.1. The molecule has 0 aliphatic heterocycles. The quantitative estimate of drug-likeness (QED) is 0.772. The third-order valence-electron chi connectivity index (χ3n) is 3.07. The van der Waals surface area contributed by atoms with E-state index < -0.39 is 34.7 Å². The first-order chi connectivity index (χ1) is 11.3. The molecule has 0 aliphatic carbocycles. The molecule has 0 amide bonds. The second-order valence-corrected chi connectivity index (χ2v) is 4.63. The normalized spacial score (nSPS) is 9.75. The summed E-state index contributed by atoms with van der Waals surface area (Å²) in [6.07, 6.45) is 1.00. The van der Waals surface area contributed by atoms with Gasteiger partial charge in [-0.3, -0.25) is 0 Å². The highest BCUT2D eigenvalue weighted by atomic mass is 19.2. The third kappa shape index (κ3) is 3.95. The van der Waals surface area contributed by atoms with Crippen LogP contribution in [-0.2, 0) is 0 Å². The van der Waals surface area contributed by atoms with Gasteiger partial charge in [0, 0.05) is 5.56 Å². The predicted octanol–water partition coefficient (Wildman–Crippen LogP) is 5.52. The Kier molecular flexibility index (Phi) is 6.58. The molecule has 0 fully saturated rings. The Hall–Kier alpha value is -2.76. The number of carboxylic acid groups (broad SMARTS) is 1. The maximum Gasteiger partial charge on any atom is 0.337 e. The number of anilines is 2. The largest absolute Gasteiger partial charge is 0.478 e. The lowest BCUT2D eigenvalue weighted by Gasteiger charge is -2.14. The van der Waals surface area contributed by atoms with Gasteiger partial charge in [0.15, 0.2) is 11.6 Å². The van der Waals surface area contributed by atoms with E-state index in [2.05, 4.69) is 11.9 Å². The van der Waals surface area contributed by atoms with Crippen molar-refractivity contribution >= 4 is 23.4 Å². The molecule has 0 heterocycles. The molecule has 3 nitrogen and oxygen atoms in total. The molecule has 0 radical (unpaired) electrons. The summed E-state index contributed by atoms with van der Waals surface area (Å²) >= 11 is 0. The highest BCUT2D eigenvalue weighted by Gasteiger charge is 2.22. The number of aromatic carboxylic acids is 1. The van der Waals surface area contributed by atoms with Crippen LogP contribution in [0.3, 0.4) is 0 Å². The fourth-order valence-electron chi connectivity index (χ4n) is 1.94. The van der Waals surface area contributed by atoms with E-state index >= 15 is 0 Å². The van der Waals surface area contributed by atoms with Gasteiger partial charge in [0.1, 0.15) is 5.82 Å². The molecule has 0 aliphatic rings. The SMILES string of the molecule is C=Cc1cc(C(=O)O)c(Nc2ccc(C)cc2F)c(F)c1F.CC. The van der Waals surface area contributed by atoms with Crippen LogP contribution in [0.15, 0.2) is 30.8 Å². The highest BCUT2D eigenvalue weighted by Crippen LogP contribution is 2.30. The molecule has 0 aromatic heterocycles. The lowest BCUT2D eigenvalue weighted by Crippen LogP contribution is -2.09. The van der Waals surface area contributed by atoms with Gasteiger partial charge >= 0.3 is 5.97 Å². The number of halogens is 3. The number of carboxylic acids is 1. The number of benzene rings is 2. The summed E-state index contributed by atoms with van der Waals surface area (Å²) in [5, 5.41) is 11.4. The smallest absolute Gasteiger partial charge is 0.337 e. The van der Waals surface area contributed by atoms with E-state index in [4.69, 9.17) is 5.11 Å². The lowest BCUT2D eigenvalue weighted by molar-refractivity contribution is 0.0697. The predicted molar refractivity (Wildman–Crippen MR) is 89.2 cm³/mol. The van der Waals surface area contributed by atoms with Crippen LogP contribution in [0.1, 0.15) is 35.3 Å². The molecule has 0 atom stereocenters. The molecule has 24 heavy (non-hydrogen) atoms. The van der Waals surface area contributed by atoms with Crippen molar-refractivity contribution in [3.63, 3.8) is 0 Å². The van der Waals surface area contributed by atoms with Crippen molar-refractivity contribution in [1.82, 2.24) is 0 Å². The Morgan fingerprint density at radius 2 is 1.79 bits per heavy atom. The van der Waals surface area contributed by atoms with Crippen LogP contribution in [-0.4, -0.2) is 11.1 Å². The summed E-state index contributed by atoms with van der Waals surface area (Å²) in [4.78, 5) is 11.2. The minimum atomic E-state index is -1.47. The minimum absolute atomic E-state index is 0.155. The van der Waals surface area contributed by atoms with Crippen molar-refractivity contribution in [1.29, 1.82) is 0 Å². The summed E-state index contributed by atoms with van der Waals surface area (Å²) in [6, 6.07) is 4.99. The number of rotatable bonds is 4. The first-order valence-corrected chi connectivity index (χ1v) is 7.26. The first kappa shape index (κ1) is 19.3. The van der Waals surface area contributed by atoms with Gasteiger partial charge in [-0.2, -0.15) is 0 Å². The van der Waals surface area contributed by atoms with Crippen LogP contribution in [0.5, 0.6) is 0 Å². The number of hydrogen-bond donors (Lipinski definition) is 2. The standard InChI is InChI=1S/C16H12F3NO2.C2H6/c1-3-9-7-10(16(21)22)15(14(19)13(9)18)20-12-5-4-8(2)6-11(12)17;1-2/h3-7,20H,1H2,2H3,(H,21,22);1-2H3. The average Bonchev–Trinajstić information content (AvgIpc) is 2.56. The number of hydrogen-bond acceptors (Lipinski definition) is 2. The van der Waals surface area contributed by atoms with Crippen LogP contribution in [0.4, 0.5) is 24.5 Å². The Balaban J connectivity index is 0.00000139. The van der Waals surface area contributed by atoms with Crippen molar-refractivity contribution in [2.45, 2.75) is 20.8 Å². The Morgan fingerprint density at radius 1 is 1.17 bits per heavy atom. The summed E-state index contributed by atoms with van der Waals surface area (Å²) < 4.78 is 41.7. The molecular formula is C18H18F3NO2. The molecule has 0 unspecified atom stereocenters. The maximum atomic E-state index is 14.1. The van der Waals surface area contributed by atoms with E-state index in [0.717, 1.165) is 12.1 Å². The van der Waals surface area contributed by atoms with Gasteiger partial charge in [0.25, 0.3) is 0 Å². The molecule has 6 heteroatoms. The Bertz CT molecular complexity index is 773. The summed E-state index contributed by atoms with van der Waals surface area (Å²) in [5.41, 5.74) is -0.968. The van der Waals surface area contributed by atoms with Crippen LogP contribution < -0.4 is 5.32 Å². The second kappa shape index (κ2) is 8.19. The number of aryl methyl sites for hydroxylation is 1. The third-order valence-corrected chi connectivity index (χ3v) is 3.07. The van der Waals surface area contributed by atoms with E-state index in [1.165, 1.54) is 12.1 Å².